The van der Waals surface area contributed by atoms with Crippen molar-refractivity contribution in [3.8, 4) is 0 Å². The number of methoxy groups -OCH3 is 1. The van der Waals surface area contributed by atoms with Gasteiger partial charge in [-0.05, 0) is 0 Å². The predicted octanol–water partition coefficient (Wildman–Crippen LogP) is -1.02. The first-order chi connectivity index (χ1) is 7.02. The number of hydrogen-bond acceptors (Lipinski definition) is 5. The predicted molar refractivity (Wildman–Crippen MR) is 56.6 cm³/mol. The van der Waals surface area contributed by atoms with Crippen molar-refractivity contribution >= 4 is 16.0 Å². The topological polar surface area (TPSA) is 98.5 Å². The summed E-state index contributed by atoms with van der Waals surface area (Å²) < 4.78 is 29.1. The van der Waals surface area contributed by atoms with Crippen LogP contribution in [0.5, 0.6) is 0 Å². The third-order valence-electron chi connectivity index (χ3n) is 1.53. The minimum Gasteiger partial charge on any atom is -0.469 e. The van der Waals surface area contributed by atoms with Crippen LogP contribution in [0.25, 0.3) is 0 Å². The first kappa shape index (κ1) is 14.1. The Hall–Kier alpha value is -0.920. The van der Waals surface area contributed by atoms with Crippen LogP contribution in [0.2, 0.25) is 0 Å². The summed E-state index contributed by atoms with van der Waals surface area (Å²) >= 11 is 0. The summed E-state index contributed by atoms with van der Waals surface area (Å²) in [5.74, 6) is -0.811. The van der Waals surface area contributed by atoms with Gasteiger partial charge in [-0.1, -0.05) is 12.2 Å². The maximum absolute atomic E-state index is 11.2. The van der Waals surface area contributed by atoms with Crippen molar-refractivity contribution in [1.82, 2.24) is 4.72 Å². The number of carbonyl (C=O) groups is 1. The van der Waals surface area contributed by atoms with Crippen molar-refractivity contribution < 1.29 is 17.9 Å². The Morgan fingerprint density at radius 3 is 2.67 bits per heavy atom. The molecule has 0 radical (unpaired) electrons. The molecule has 88 valence electrons. The molecule has 0 saturated carbocycles. The molecule has 0 unspecified atom stereocenters. The van der Waals surface area contributed by atoms with Crippen molar-refractivity contribution in [2.75, 3.05) is 26.0 Å². The molecule has 0 amide bonds. The lowest BCUT2D eigenvalue weighted by Gasteiger charge is -2.03. The van der Waals surface area contributed by atoms with E-state index in [1.165, 1.54) is 7.11 Å². The van der Waals surface area contributed by atoms with Crippen LogP contribution in [0.4, 0.5) is 0 Å². The molecule has 0 aliphatic carbocycles. The molecule has 3 N–H and O–H groups in total. The molecule has 0 atom stereocenters. The first-order valence-corrected chi connectivity index (χ1v) is 6.06. The van der Waals surface area contributed by atoms with Crippen molar-refractivity contribution in [2.24, 2.45) is 5.73 Å². The van der Waals surface area contributed by atoms with E-state index in [1.54, 1.807) is 12.2 Å². The van der Waals surface area contributed by atoms with Crippen molar-refractivity contribution in [3.05, 3.63) is 12.2 Å². The van der Waals surface area contributed by atoms with E-state index in [0.29, 0.717) is 6.54 Å². The van der Waals surface area contributed by atoms with Gasteiger partial charge in [0.2, 0.25) is 10.0 Å². The minimum absolute atomic E-state index is 0.146. The molecule has 0 aliphatic heterocycles. The molecule has 0 saturated heterocycles. The van der Waals surface area contributed by atoms with Gasteiger partial charge in [-0.3, -0.25) is 4.79 Å². The average molecular weight is 236 g/mol. The Bertz CT molecular complexity index is 311. The molecular weight excluding hydrogens is 220 g/mol. The zero-order chi connectivity index (χ0) is 11.7. The van der Waals surface area contributed by atoms with Gasteiger partial charge in [0, 0.05) is 13.1 Å². The Balaban J connectivity index is 3.87. The number of nitrogens with two attached hydrogens (primary N) is 1. The van der Waals surface area contributed by atoms with Gasteiger partial charge >= 0.3 is 5.97 Å². The molecule has 0 aromatic heterocycles. The van der Waals surface area contributed by atoms with Gasteiger partial charge in [-0.15, -0.1) is 0 Å². The highest BCUT2D eigenvalue weighted by molar-refractivity contribution is 7.89. The molecule has 0 bridgehead atoms. The summed E-state index contributed by atoms with van der Waals surface area (Å²) in [5.41, 5.74) is 5.17. The second-order valence-electron chi connectivity index (χ2n) is 2.70. The number of sulfonamides is 1. The minimum atomic E-state index is -3.41. The van der Waals surface area contributed by atoms with Crippen molar-refractivity contribution in [2.45, 2.75) is 6.42 Å². The van der Waals surface area contributed by atoms with E-state index < -0.39 is 16.0 Å². The van der Waals surface area contributed by atoms with E-state index >= 15 is 0 Å². The van der Waals surface area contributed by atoms with Crippen molar-refractivity contribution in [1.29, 1.82) is 0 Å². The Morgan fingerprint density at radius 1 is 1.47 bits per heavy atom. The van der Waals surface area contributed by atoms with Crippen LogP contribution >= 0.6 is 0 Å². The zero-order valence-electron chi connectivity index (χ0n) is 8.60. The molecular formula is C8H16N2O4S. The molecule has 0 aromatic rings. The quantitative estimate of drug-likeness (QED) is 0.435. The van der Waals surface area contributed by atoms with E-state index in [2.05, 4.69) is 9.46 Å². The van der Waals surface area contributed by atoms with E-state index in [1.807, 2.05) is 0 Å². The van der Waals surface area contributed by atoms with Gasteiger partial charge in [0.1, 0.15) is 0 Å². The average Bonchev–Trinajstić information content (AvgIpc) is 2.21. The molecule has 0 aliphatic rings. The third kappa shape index (κ3) is 8.10. The molecule has 0 fully saturated rings. The molecule has 15 heavy (non-hydrogen) atoms. The fourth-order valence-electron chi connectivity index (χ4n) is 0.747. The molecule has 0 aromatic carbocycles. The summed E-state index contributed by atoms with van der Waals surface area (Å²) in [7, 11) is -2.20. The first-order valence-electron chi connectivity index (χ1n) is 4.41. The SMILES string of the molecule is COC(=O)CCS(=O)(=O)NC/C=C/CN. The molecule has 0 spiro atoms. The standard InChI is InChI=1S/C8H16N2O4S/c1-14-8(11)4-7-15(12,13)10-6-3-2-5-9/h2-3,10H,4-7,9H2,1H3/b3-2+. The highest BCUT2D eigenvalue weighted by Crippen LogP contribution is 1.91. The number of esters is 1. The fourth-order valence-corrected chi connectivity index (χ4v) is 1.68. The summed E-state index contributed by atoms with van der Waals surface area (Å²) in [6.45, 7) is 0.546. The maximum atomic E-state index is 11.2. The lowest BCUT2D eigenvalue weighted by Crippen LogP contribution is -2.27. The van der Waals surface area contributed by atoms with Gasteiger partial charge in [-0.25, -0.2) is 13.1 Å². The smallest absolute Gasteiger partial charge is 0.306 e. The van der Waals surface area contributed by atoms with Crippen LogP contribution in [-0.2, 0) is 19.6 Å². The number of carbonyl (C=O) groups excluding carboxylic acids is 1. The molecule has 7 heteroatoms. The fraction of sp³-hybridized carbons (Fsp3) is 0.625. The van der Waals surface area contributed by atoms with Crippen molar-refractivity contribution in [3.63, 3.8) is 0 Å². The number of nitrogens with one attached hydrogen (secondary N) is 1. The largest absolute Gasteiger partial charge is 0.469 e. The van der Waals surface area contributed by atoms with E-state index in [0.717, 1.165) is 0 Å². The van der Waals surface area contributed by atoms with E-state index in [-0.39, 0.29) is 18.7 Å². The van der Waals surface area contributed by atoms with Crippen LogP contribution in [-0.4, -0.2) is 40.3 Å². The van der Waals surface area contributed by atoms with Gasteiger partial charge < -0.3 is 10.5 Å². The van der Waals surface area contributed by atoms with Crippen LogP contribution in [0.3, 0.4) is 0 Å². The maximum Gasteiger partial charge on any atom is 0.306 e. The monoisotopic (exact) mass is 236 g/mol. The Labute approximate surface area is 89.5 Å². The van der Waals surface area contributed by atoms with Crippen LogP contribution in [0.15, 0.2) is 12.2 Å². The summed E-state index contributed by atoms with van der Waals surface area (Å²) in [6.07, 6.45) is 3.10. The molecule has 0 rings (SSSR count). The van der Waals surface area contributed by atoms with Crippen LogP contribution in [0, 0.1) is 0 Å². The van der Waals surface area contributed by atoms with Crippen LogP contribution in [0.1, 0.15) is 6.42 Å². The summed E-state index contributed by atoms with van der Waals surface area (Å²) in [5, 5.41) is 0. The normalized spacial score (nSPS) is 11.9. The number of rotatable bonds is 7. The molecule has 0 heterocycles. The highest BCUT2D eigenvalue weighted by Gasteiger charge is 2.11. The zero-order valence-corrected chi connectivity index (χ0v) is 9.42. The highest BCUT2D eigenvalue weighted by atomic mass is 32.2. The summed E-state index contributed by atoms with van der Waals surface area (Å²) in [4.78, 5) is 10.7. The second-order valence-corrected chi connectivity index (χ2v) is 4.63. The molecule has 6 nitrogen and oxygen atoms in total. The second kappa shape index (κ2) is 7.38. The van der Waals surface area contributed by atoms with Gasteiger partial charge in [-0.2, -0.15) is 0 Å². The van der Waals surface area contributed by atoms with Crippen LogP contribution < -0.4 is 10.5 Å². The number of ether oxygens (including phenoxy) is 1. The van der Waals surface area contributed by atoms with Gasteiger partial charge in [0.05, 0.1) is 19.3 Å². The van der Waals surface area contributed by atoms with E-state index in [9.17, 15) is 13.2 Å². The number of hydrogen-bond donors (Lipinski definition) is 2. The van der Waals surface area contributed by atoms with Gasteiger partial charge in [0.15, 0.2) is 0 Å². The third-order valence-corrected chi connectivity index (χ3v) is 2.87. The summed E-state index contributed by atoms with van der Waals surface area (Å²) in [6, 6.07) is 0. The Kier molecular flexibility index (Phi) is 6.93. The van der Waals surface area contributed by atoms with E-state index in [4.69, 9.17) is 5.73 Å². The Morgan fingerprint density at radius 2 is 2.13 bits per heavy atom. The van der Waals surface area contributed by atoms with Gasteiger partial charge in [0.25, 0.3) is 0 Å². The lowest BCUT2D eigenvalue weighted by molar-refractivity contribution is -0.140. The lowest BCUT2D eigenvalue weighted by atomic mass is 10.5.